The summed E-state index contributed by atoms with van der Waals surface area (Å²) in [6.45, 7) is 0.195. The van der Waals surface area contributed by atoms with Crippen molar-refractivity contribution < 1.29 is 8.78 Å². The number of nitrogens with one attached hydrogen (secondary N) is 1. The summed E-state index contributed by atoms with van der Waals surface area (Å²) in [5.41, 5.74) is 11.6. The molecule has 9 nitrogen and oxygen atoms in total. The highest BCUT2D eigenvalue weighted by molar-refractivity contribution is 14.1. The maximum absolute atomic E-state index is 13.4. The third-order valence-corrected chi connectivity index (χ3v) is 5.88. The SMILES string of the molecule is N#Cc1c(N)nc(N)nc1NCCc1nc2c(I)cccc2c(=O)n1-c1cccc(C(F)F)c1. The second-order valence-electron chi connectivity index (χ2n) is 7.18. The first-order chi connectivity index (χ1) is 16.3. The predicted octanol–water partition coefficient (Wildman–Crippen LogP) is 3.41. The molecule has 0 aliphatic heterocycles. The quantitative estimate of drug-likeness (QED) is 0.297. The van der Waals surface area contributed by atoms with E-state index in [4.69, 9.17) is 11.5 Å². The Kier molecular flexibility index (Phi) is 6.55. The molecule has 0 fully saturated rings. The minimum Gasteiger partial charge on any atom is -0.382 e. The van der Waals surface area contributed by atoms with Crippen molar-refractivity contribution in [1.29, 1.82) is 5.26 Å². The second kappa shape index (κ2) is 9.56. The first-order valence-electron chi connectivity index (χ1n) is 9.95. The monoisotopic (exact) mass is 574 g/mol. The highest BCUT2D eigenvalue weighted by Gasteiger charge is 2.17. The lowest BCUT2D eigenvalue weighted by Gasteiger charge is -2.16. The van der Waals surface area contributed by atoms with Gasteiger partial charge in [-0.05, 0) is 46.9 Å². The van der Waals surface area contributed by atoms with Gasteiger partial charge in [-0.3, -0.25) is 9.36 Å². The standard InChI is InChI=1S/C22H17F2IN8O/c23-18(24)11-3-1-4-12(9-11)33-16(30-17-13(21(33)34)5-2-6-15(17)25)7-8-29-20-14(10-26)19(27)31-22(28)32-20/h1-6,9,18H,7-8H2,(H5,27,28,29,31,32). The fourth-order valence-corrected chi connectivity index (χ4v) is 4.10. The largest absolute Gasteiger partial charge is 0.382 e. The van der Waals surface area contributed by atoms with Gasteiger partial charge in [0.1, 0.15) is 23.3 Å². The lowest BCUT2D eigenvalue weighted by molar-refractivity contribution is 0.151. The Morgan fingerprint density at radius 3 is 2.65 bits per heavy atom. The van der Waals surface area contributed by atoms with Gasteiger partial charge in [0.2, 0.25) is 5.95 Å². The summed E-state index contributed by atoms with van der Waals surface area (Å²) in [5, 5.41) is 12.7. The van der Waals surface area contributed by atoms with E-state index < -0.39 is 6.43 Å². The number of nitriles is 1. The third-order valence-electron chi connectivity index (χ3n) is 5.01. The minimum atomic E-state index is -2.69. The van der Waals surface area contributed by atoms with Crippen molar-refractivity contribution in [2.24, 2.45) is 0 Å². The Morgan fingerprint density at radius 1 is 1.15 bits per heavy atom. The van der Waals surface area contributed by atoms with Crippen molar-refractivity contribution in [2.45, 2.75) is 12.8 Å². The fraction of sp³-hybridized carbons (Fsp3) is 0.136. The topological polar surface area (TPSA) is 149 Å². The van der Waals surface area contributed by atoms with Gasteiger partial charge in [-0.25, -0.2) is 13.8 Å². The number of fused-ring (bicyclic) bond motifs is 1. The Labute approximate surface area is 205 Å². The van der Waals surface area contributed by atoms with Crippen molar-refractivity contribution >= 4 is 51.1 Å². The molecule has 2 aromatic carbocycles. The van der Waals surface area contributed by atoms with E-state index in [-0.39, 0.29) is 52.9 Å². The van der Waals surface area contributed by atoms with Crippen LogP contribution in [-0.2, 0) is 6.42 Å². The summed E-state index contributed by atoms with van der Waals surface area (Å²) >= 11 is 2.09. The lowest BCUT2D eigenvalue weighted by Crippen LogP contribution is -2.26. The normalized spacial score (nSPS) is 11.0. The molecule has 0 atom stereocenters. The van der Waals surface area contributed by atoms with E-state index in [1.807, 2.05) is 12.1 Å². The van der Waals surface area contributed by atoms with Crippen molar-refractivity contribution in [3.8, 4) is 11.8 Å². The first kappa shape index (κ1) is 23.3. The number of nitrogen functional groups attached to an aromatic ring is 2. The number of nitrogens with zero attached hydrogens (tertiary/aromatic N) is 5. The minimum absolute atomic E-state index is 0.0391. The van der Waals surface area contributed by atoms with Crippen LogP contribution in [0.3, 0.4) is 0 Å². The lowest BCUT2D eigenvalue weighted by atomic mass is 10.1. The molecular weight excluding hydrogens is 557 g/mol. The van der Waals surface area contributed by atoms with Crippen LogP contribution in [-0.4, -0.2) is 26.1 Å². The summed E-state index contributed by atoms with van der Waals surface area (Å²) in [7, 11) is 0. The van der Waals surface area contributed by atoms with Crippen LogP contribution in [0.25, 0.3) is 16.6 Å². The summed E-state index contributed by atoms with van der Waals surface area (Å²) in [6, 6.07) is 12.7. The molecule has 0 aliphatic rings. The third kappa shape index (κ3) is 4.46. The molecule has 172 valence electrons. The average Bonchev–Trinajstić information content (AvgIpc) is 2.80. The molecule has 0 saturated carbocycles. The maximum atomic E-state index is 13.4. The van der Waals surface area contributed by atoms with Crippen molar-refractivity contribution in [1.82, 2.24) is 19.5 Å². The van der Waals surface area contributed by atoms with E-state index in [0.29, 0.717) is 16.7 Å². The van der Waals surface area contributed by atoms with Gasteiger partial charge in [0.05, 0.1) is 16.6 Å². The van der Waals surface area contributed by atoms with Crippen LogP contribution >= 0.6 is 22.6 Å². The van der Waals surface area contributed by atoms with E-state index in [9.17, 15) is 18.8 Å². The molecule has 12 heteroatoms. The van der Waals surface area contributed by atoms with Crippen LogP contribution in [0.1, 0.15) is 23.4 Å². The van der Waals surface area contributed by atoms with Gasteiger partial charge in [-0.2, -0.15) is 15.2 Å². The second-order valence-corrected chi connectivity index (χ2v) is 8.34. The highest BCUT2D eigenvalue weighted by Crippen LogP contribution is 2.23. The van der Waals surface area contributed by atoms with E-state index in [2.05, 4.69) is 42.9 Å². The van der Waals surface area contributed by atoms with Gasteiger partial charge in [0.25, 0.3) is 12.0 Å². The number of aromatic nitrogens is 4. The fourth-order valence-electron chi connectivity index (χ4n) is 3.48. The van der Waals surface area contributed by atoms with E-state index in [1.54, 1.807) is 18.2 Å². The molecule has 4 aromatic rings. The number of hydrogen-bond acceptors (Lipinski definition) is 8. The molecule has 0 radical (unpaired) electrons. The molecule has 0 bridgehead atoms. The maximum Gasteiger partial charge on any atom is 0.266 e. The Bertz CT molecular complexity index is 1500. The number of benzene rings is 2. The number of halogens is 3. The predicted molar refractivity (Wildman–Crippen MR) is 133 cm³/mol. The van der Waals surface area contributed by atoms with Gasteiger partial charge >= 0.3 is 0 Å². The van der Waals surface area contributed by atoms with Gasteiger partial charge in [0.15, 0.2) is 5.82 Å². The number of nitrogens with two attached hydrogens (primary N) is 2. The molecule has 2 heterocycles. The zero-order valence-electron chi connectivity index (χ0n) is 17.5. The van der Waals surface area contributed by atoms with Crippen molar-refractivity contribution in [3.05, 3.63) is 73.3 Å². The molecule has 0 unspecified atom stereocenters. The molecule has 4 rings (SSSR count). The Hall–Kier alpha value is -3.86. The number of alkyl halides is 2. The molecule has 5 N–H and O–H groups in total. The molecule has 0 aliphatic carbocycles. The number of hydrogen-bond donors (Lipinski definition) is 3. The van der Waals surface area contributed by atoms with E-state index in [0.717, 1.165) is 3.57 Å². The molecule has 0 spiro atoms. The molecular formula is C22H17F2IN8O. The summed E-state index contributed by atoms with van der Waals surface area (Å²) in [4.78, 5) is 25.9. The van der Waals surface area contributed by atoms with Crippen LogP contribution in [0.15, 0.2) is 47.3 Å². The van der Waals surface area contributed by atoms with Crippen molar-refractivity contribution in [3.63, 3.8) is 0 Å². The van der Waals surface area contributed by atoms with Crippen LogP contribution in [0, 0.1) is 14.9 Å². The number of rotatable bonds is 6. The molecule has 0 amide bonds. The summed E-state index contributed by atoms with van der Waals surface area (Å²) in [6.07, 6.45) is -2.49. The van der Waals surface area contributed by atoms with Crippen LogP contribution in [0.5, 0.6) is 0 Å². The summed E-state index contributed by atoms with van der Waals surface area (Å²) < 4.78 is 28.7. The molecule has 34 heavy (non-hydrogen) atoms. The molecule has 0 saturated heterocycles. The van der Waals surface area contributed by atoms with Crippen LogP contribution in [0.2, 0.25) is 0 Å². The van der Waals surface area contributed by atoms with Gasteiger partial charge in [-0.15, -0.1) is 0 Å². The highest BCUT2D eigenvalue weighted by atomic mass is 127. The van der Waals surface area contributed by atoms with Gasteiger partial charge < -0.3 is 16.8 Å². The zero-order valence-corrected chi connectivity index (χ0v) is 19.6. The van der Waals surface area contributed by atoms with Crippen LogP contribution < -0.4 is 22.3 Å². The smallest absolute Gasteiger partial charge is 0.266 e. The zero-order chi connectivity index (χ0) is 24.4. The Morgan fingerprint density at radius 2 is 1.91 bits per heavy atom. The Balaban J connectivity index is 1.79. The van der Waals surface area contributed by atoms with E-state index in [1.165, 1.54) is 22.8 Å². The van der Waals surface area contributed by atoms with Gasteiger partial charge in [0, 0.05) is 22.1 Å². The van der Waals surface area contributed by atoms with E-state index >= 15 is 0 Å². The first-order valence-corrected chi connectivity index (χ1v) is 11.0. The average molecular weight is 574 g/mol. The number of anilines is 3. The van der Waals surface area contributed by atoms with Crippen molar-refractivity contribution in [2.75, 3.05) is 23.3 Å². The van der Waals surface area contributed by atoms with Gasteiger partial charge in [-0.1, -0.05) is 18.2 Å². The summed E-state index contributed by atoms with van der Waals surface area (Å²) in [5.74, 6) is 0.334. The van der Waals surface area contributed by atoms with Crippen LogP contribution in [0.4, 0.5) is 26.4 Å². The number of para-hydroxylation sites is 1. The molecule has 2 aromatic heterocycles.